The minimum Gasteiger partial charge on any atom is -0.330 e. The molecule has 0 radical (unpaired) electrons. The first kappa shape index (κ1) is 11.6. The lowest BCUT2D eigenvalue weighted by molar-refractivity contribution is 0.831. The predicted octanol–water partition coefficient (Wildman–Crippen LogP) is 3.43. The van der Waals surface area contributed by atoms with E-state index in [2.05, 4.69) is 4.98 Å². The molecule has 0 aliphatic carbocycles. The molecule has 0 saturated carbocycles. The van der Waals surface area contributed by atoms with Crippen LogP contribution in [-0.2, 0) is 6.42 Å². The highest BCUT2D eigenvalue weighted by atomic mass is 35.5. The topological polar surface area (TPSA) is 38.9 Å². The van der Waals surface area contributed by atoms with Crippen LogP contribution in [0.25, 0.3) is 10.9 Å². The Morgan fingerprint density at radius 3 is 2.75 bits per heavy atom. The molecule has 4 heteroatoms. The van der Waals surface area contributed by atoms with Crippen LogP contribution in [-0.4, -0.2) is 11.5 Å². The number of fused-ring (bicyclic) bond motifs is 1. The third-order valence-electron chi connectivity index (χ3n) is 2.45. The maximum atomic E-state index is 6.09. The summed E-state index contributed by atoms with van der Waals surface area (Å²) in [5.41, 5.74) is 7.37. The smallest absolute Gasteiger partial charge is 0.132 e. The zero-order valence-electron chi connectivity index (χ0n) is 8.71. The lowest BCUT2D eigenvalue weighted by Crippen LogP contribution is -2.01. The molecule has 1 heterocycles. The Hall–Kier alpha value is -0.830. The van der Waals surface area contributed by atoms with Gasteiger partial charge in [-0.05, 0) is 49.2 Å². The summed E-state index contributed by atoms with van der Waals surface area (Å²) in [7, 11) is 0. The second-order valence-electron chi connectivity index (χ2n) is 3.67. The van der Waals surface area contributed by atoms with Gasteiger partial charge in [-0.15, -0.1) is 0 Å². The van der Waals surface area contributed by atoms with Crippen LogP contribution in [0, 0.1) is 0 Å². The van der Waals surface area contributed by atoms with Crippen LogP contribution in [0.5, 0.6) is 0 Å². The number of aromatic nitrogens is 1. The Labute approximate surface area is 104 Å². The van der Waals surface area contributed by atoms with E-state index >= 15 is 0 Å². The molecule has 1 aromatic carbocycles. The lowest BCUT2D eigenvalue weighted by Gasteiger charge is -2.05. The minimum absolute atomic E-state index is 0.559. The molecule has 2 nitrogen and oxygen atoms in total. The van der Waals surface area contributed by atoms with Crippen LogP contribution in [0.15, 0.2) is 24.3 Å². The third kappa shape index (κ3) is 2.46. The highest BCUT2D eigenvalue weighted by Gasteiger charge is 2.05. The van der Waals surface area contributed by atoms with Gasteiger partial charge < -0.3 is 5.73 Å². The second-order valence-corrected chi connectivity index (χ2v) is 4.46. The summed E-state index contributed by atoms with van der Waals surface area (Å²) in [5.74, 6) is 0. The molecule has 84 valence electrons. The van der Waals surface area contributed by atoms with E-state index in [0.29, 0.717) is 16.7 Å². The van der Waals surface area contributed by atoms with Crippen molar-refractivity contribution in [3.05, 3.63) is 40.0 Å². The molecule has 0 spiro atoms. The Balaban J connectivity index is 2.46. The van der Waals surface area contributed by atoms with E-state index in [0.717, 1.165) is 29.3 Å². The first-order valence-electron chi connectivity index (χ1n) is 5.15. The van der Waals surface area contributed by atoms with E-state index < -0.39 is 0 Å². The van der Waals surface area contributed by atoms with Crippen LogP contribution < -0.4 is 5.73 Å². The van der Waals surface area contributed by atoms with Crippen molar-refractivity contribution in [2.75, 3.05) is 6.54 Å². The maximum Gasteiger partial charge on any atom is 0.132 e. The van der Waals surface area contributed by atoms with Crippen LogP contribution in [0.4, 0.5) is 0 Å². The predicted molar refractivity (Wildman–Crippen MR) is 69.1 cm³/mol. The minimum atomic E-state index is 0.559. The lowest BCUT2D eigenvalue weighted by atomic mass is 10.1. The van der Waals surface area contributed by atoms with Gasteiger partial charge in [0.15, 0.2) is 0 Å². The third-order valence-corrected chi connectivity index (χ3v) is 3.02. The van der Waals surface area contributed by atoms with Gasteiger partial charge in [-0.25, -0.2) is 4.98 Å². The van der Waals surface area contributed by atoms with Crippen molar-refractivity contribution in [3.63, 3.8) is 0 Å². The fourth-order valence-electron chi connectivity index (χ4n) is 1.64. The molecule has 2 N–H and O–H groups in total. The molecule has 1 aromatic heterocycles. The van der Waals surface area contributed by atoms with Crippen LogP contribution >= 0.6 is 23.2 Å². The van der Waals surface area contributed by atoms with E-state index in [-0.39, 0.29) is 0 Å². The fourth-order valence-corrected chi connectivity index (χ4v) is 2.06. The first-order chi connectivity index (χ1) is 7.70. The van der Waals surface area contributed by atoms with Gasteiger partial charge in [0, 0.05) is 10.4 Å². The molecule has 0 saturated heterocycles. The standard InChI is InChI=1S/C12H12Cl2N2/c13-10-3-4-11-9(7-10)6-8(2-1-5-15)12(14)16-11/h3-4,6-7H,1-2,5,15H2. The SMILES string of the molecule is NCCCc1cc2cc(Cl)ccc2nc1Cl. The van der Waals surface area contributed by atoms with E-state index in [1.165, 1.54) is 0 Å². The van der Waals surface area contributed by atoms with Gasteiger partial charge in [0.05, 0.1) is 5.52 Å². The van der Waals surface area contributed by atoms with Gasteiger partial charge in [0.1, 0.15) is 5.15 Å². The van der Waals surface area contributed by atoms with Gasteiger partial charge in [0.2, 0.25) is 0 Å². The van der Waals surface area contributed by atoms with Gasteiger partial charge >= 0.3 is 0 Å². The molecule has 0 unspecified atom stereocenters. The molecule has 0 amide bonds. The number of benzene rings is 1. The Bertz CT molecular complexity index is 512. The van der Waals surface area contributed by atoms with Crippen molar-refractivity contribution in [3.8, 4) is 0 Å². The number of halogens is 2. The monoisotopic (exact) mass is 254 g/mol. The summed E-state index contributed by atoms with van der Waals surface area (Å²) in [6, 6.07) is 7.61. The number of nitrogens with two attached hydrogens (primary N) is 1. The summed E-state index contributed by atoms with van der Waals surface area (Å²) in [6.45, 7) is 0.657. The molecular weight excluding hydrogens is 243 g/mol. The van der Waals surface area contributed by atoms with Crippen molar-refractivity contribution in [1.29, 1.82) is 0 Å². The van der Waals surface area contributed by atoms with E-state index in [1.807, 2.05) is 24.3 Å². The number of nitrogens with zero attached hydrogens (tertiary/aromatic N) is 1. The van der Waals surface area contributed by atoms with Crippen LogP contribution in [0.1, 0.15) is 12.0 Å². The Kier molecular flexibility index (Phi) is 3.64. The average Bonchev–Trinajstić information content (AvgIpc) is 2.27. The van der Waals surface area contributed by atoms with E-state index in [4.69, 9.17) is 28.9 Å². The quantitative estimate of drug-likeness (QED) is 0.853. The Morgan fingerprint density at radius 1 is 1.19 bits per heavy atom. The summed E-state index contributed by atoms with van der Waals surface area (Å²) >= 11 is 12.0. The summed E-state index contributed by atoms with van der Waals surface area (Å²) < 4.78 is 0. The van der Waals surface area contributed by atoms with Gasteiger partial charge in [0.25, 0.3) is 0 Å². The molecule has 0 aliphatic rings. The van der Waals surface area contributed by atoms with E-state index in [9.17, 15) is 0 Å². The highest BCUT2D eigenvalue weighted by molar-refractivity contribution is 6.32. The summed E-state index contributed by atoms with van der Waals surface area (Å²) in [5, 5.41) is 2.29. The molecule has 0 aliphatic heterocycles. The molecular formula is C12H12Cl2N2. The number of aryl methyl sites for hydroxylation is 1. The number of hydrogen-bond donors (Lipinski definition) is 1. The molecule has 0 atom stereocenters. The molecule has 2 aromatic rings. The van der Waals surface area contributed by atoms with Crippen molar-refractivity contribution < 1.29 is 0 Å². The molecule has 2 rings (SSSR count). The normalized spacial score (nSPS) is 10.9. The molecule has 0 bridgehead atoms. The fraction of sp³-hybridized carbons (Fsp3) is 0.250. The zero-order valence-corrected chi connectivity index (χ0v) is 10.2. The second kappa shape index (κ2) is 5.00. The Morgan fingerprint density at radius 2 is 2.00 bits per heavy atom. The van der Waals surface area contributed by atoms with Crippen LogP contribution in [0.3, 0.4) is 0 Å². The molecule has 0 fully saturated rings. The molecule has 16 heavy (non-hydrogen) atoms. The van der Waals surface area contributed by atoms with Crippen molar-refractivity contribution in [2.24, 2.45) is 5.73 Å². The van der Waals surface area contributed by atoms with Gasteiger partial charge in [-0.3, -0.25) is 0 Å². The number of pyridine rings is 1. The van der Waals surface area contributed by atoms with Crippen LogP contribution in [0.2, 0.25) is 10.2 Å². The van der Waals surface area contributed by atoms with Crippen molar-refractivity contribution >= 4 is 34.1 Å². The van der Waals surface area contributed by atoms with Gasteiger partial charge in [-0.1, -0.05) is 23.2 Å². The number of rotatable bonds is 3. The number of hydrogen-bond acceptors (Lipinski definition) is 2. The summed E-state index contributed by atoms with van der Waals surface area (Å²) in [6.07, 6.45) is 1.76. The average molecular weight is 255 g/mol. The largest absolute Gasteiger partial charge is 0.330 e. The van der Waals surface area contributed by atoms with Gasteiger partial charge in [-0.2, -0.15) is 0 Å². The van der Waals surface area contributed by atoms with Crippen molar-refractivity contribution in [2.45, 2.75) is 12.8 Å². The first-order valence-corrected chi connectivity index (χ1v) is 5.91. The highest BCUT2D eigenvalue weighted by Crippen LogP contribution is 2.24. The summed E-state index contributed by atoms with van der Waals surface area (Å²) in [4.78, 5) is 4.34. The van der Waals surface area contributed by atoms with E-state index in [1.54, 1.807) is 0 Å². The maximum absolute atomic E-state index is 6.09. The zero-order chi connectivity index (χ0) is 11.5. The van der Waals surface area contributed by atoms with Crippen molar-refractivity contribution in [1.82, 2.24) is 4.98 Å².